The van der Waals surface area contributed by atoms with Crippen LogP contribution in [0.3, 0.4) is 0 Å². The summed E-state index contributed by atoms with van der Waals surface area (Å²) >= 11 is 0. The van der Waals surface area contributed by atoms with Gasteiger partial charge in [0, 0.05) is 6.54 Å². The van der Waals surface area contributed by atoms with Crippen LogP contribution in [0.4, 0.5) is 0 Å². The van der Waals surface area contributed by atoms with Gasteiger partial charge in [0.2, 0.25) is 0 Å². The highest BCUT2D eigenvalue weighted by molar-refractivity contribution is 5.69. The van der Waals surface area contributed by atoms with Crippen LogP contribution in [0.15, 0.2) is 6.20 Å². The van der Waals surface area contributed by atoms with E-state index in [-0.39, 0.29) is 18.6 Å². The predicted octanol–water partition coefficient (Wildman–Crippen LogP) is 1.25. The molecule has 106 valence electrons. The third-order valence-corrected chi connectivity index (χ3v) is 3.70. The lowest BCUT2D eigenvalue weighted by molar-refractivity contribution is -0.152. The second-order valence-corrected chi connectivity index (χ2v) is 5.16. The van der Waals surface area contributed by atoms with Crippen molar-refractivity contribution in [3.63, 3.8) is 0 Å². The van der Waals surface area contributed by atoms with Crippen molar-refractivity contribution in [1.82, 2.24) is 15.0 Å². The summed E-state index contributed by atoms with van der Waals surface area (Å²) in [5, 5.41) is 7.68. The van der Waals surface area contributed by atoms with Crippen molar-refractivity contribution in [3.05, 3.63) is 11.9 Å². The quantitative estimate of drug-likeness (QED) is 0.811. The zero-order chi connectivity index (χ0) is 13.7. The lowest BCUT2D eigenvalue weighted by atomic mass is 9.85. The summed E-state index contributed by atoms with van der Waals surface area (Å²) in [7, 11) is 0. The second-order valence-electron chi connectivity index (χ2n) is 5.16. The molecule has 6 nitrogen and oxygen atoms in total. The standard InChI is InChI=1S/C13H22N4O2/c1-2-10-4-3-5-12(6-10)19-13(18)9-17-8-11(7-14)15-16-17/h8,10,12H,2-7,9,14H2,1H3. The Hall–Kier alpha value is -1.43. The monoisotopic (exact) mass is 266 g/mol. The van der Waals surface area contributed by atoms with Crippen molar-refractivity contribution in [2.75, 3.05) is 0 Å². The van der Waals surface area contributed by atoms with E-state index in [2.05, 4.69) is 17.2 Å². The summed E-state index contributed by atoms with van der Waals surface area (Å²) in [6.45, 7) is 2.63. The molecule has 2 atom stereocenters. The lowest BCUT2D eigenvalue weighted by Gasteiger charge is -2.28. The van der Waals surface area contributed by atoms with Crippen LogP contribution in [0.25, 0.3) is 0 Å². The summed E-state index contributed by atoms with van der Waals surface area (Å²) in [5.41, 5.74) is 6.12. The van der Waals surface area contributed by atoms with Gasteiger partial charge in [-0.1, -0.05) is 25.0 Å². The molecule has 0 aromatic carbocycles. The van der Waals surface area contributed by atoms with Crippen molar-refractivity contribution in [2.24, 2.45) is 11.7 Å². The van der Waals surface area contributed by atoms with Crippen LogP contribution in [0.2, 0.25) is 0 Å². The van der Waals surface area contributed by atoms with E-state index in [0.29, 0.717) is 18.2 Å². The van der Waals surface area contributed by atoms with Gasteiger partial charge in [0.1, 0.15) is 12.6 Å². The number of aromatic nitrogens is 3. The van der Waals surface area contributed by atoms with E-state index in [1.54, 1.807) is 6.20 Å². The Morgan fingerprint density at radius 3 is 3.11 bits per heavy atom. The molecule has 1 saturated carbocycles. The van der Waals surface area contributed by atoms with Crippen molar-refractivity contribution in [2.45, 2.75) is 58.2 Å². The van der Waals surface area contributed by atoms with Gasteiger partial charge < -0.3 is 10.5 Å². The van der Waals surface area contributed by atoms with Gasteiger partial charge in [-0.25, -0.2) is 4.68 Å². The van der Waals surface area contributed by atoms with Crippen LogP contribution < -0.4 is 5.73 Å². The zero-order valence-corrected chi connectivity index (χ0v) is 11.4. The number of ether oxygens (including phenoxy) is 1. The van der Waals surface area contributed by atoms with Crippen LogP contribution in [0.1, 0.15) is 44.7 Å². The highest BCUT2D eigenvalue weighted by atomic mass is 16.5. The highest BCUT2D eigenvalue weighted by Crippen LogP contribution is 2.28. The van der Waals surface area contributed by atoms with Gasteiger partial charge in [-0.15, -0.1) is 5.10 Å². The molecule has 2 rings (SSSR count). The molecule has 0 bridgehead atoms. The topological polar surface area (TPSA) is 83.0 Å². The van der Waals surface area contributed by atoms with E-state index in [4.69, 9.17) is 10.5 Å². The van der Waals surface area contributed by atoms with Crippen LogP contribution in [0, 0.1) is 5.92 Å². The molecule has 0 saturated heterocycles. The number of esters is 1. The Morgan fingerprint density at radius 2 is 2.42 bits per heavy atom. The molecule has 1 aliphatic rings. The number of carbonyl (C=O) groups excluding carboxylic acids is 1. The van der Waals surface area contributed by atoms with Gasteiger partial charge in [0.25, 0.3) is 0 Å². The number of rotatable bonds is 5. The first kappa shape index (κ1) is 14.0. The fourth-order valence-electron chi connectivity index (χ4n) is 2.58. The largest absolute Gasteiger partial charge is 0.461 e. The summed E-state index contributed by atoms with van der Waals surface area (Å²) in [6.07, 6.45) is 7.29. The summed E-state index contributed by atoms with van der Waals surface area (Å²) in [6, 6.07) is 0. The highest BCUT2D eigenvalue weighted by Gasteiger charge is 2.23. The van der Waals surface area contributed by atoms with E-state index >= 15 is 0 Å². The number of hydrogen-bond acceptors (Lipinski definition) is 5. The summed E-state index contributed by atoms with van der Waals surface area (Å²) < 4.78 is 6.99. The number of hydrogen-bond donors (Lipinski definition) is 1. The molecule has 0 spiro atoms. The van der Waals surface area contributed by atoms with Gasteiger partial charge in [-0.2, -0.15) is 0 Å². The van der Waals surface area contributed by atoms with Gasteiger partial charge in [0.05, 0.1) is 11.9 Å². The fourth-order valence-corrected chi connectivity index (χ4v) is 2.58. The minimum Gasteiger partial charge on any atom is -0.461 e. The fraction of sp³-hybridized carbons (Fsp3) is 0.769. The van der Waals surface area contributed by atoms with E-state index in [1.807, 2.05) is 0 Å². The molecule has 0 amide bonds. The van der Waals surface area contributed by atoms with Crippen molar-refractivity contribution >= 4 is 5.97 Å². The molecule has 1 fully saturated rings. The maximum absolute atomic E-state index is 11.8. The van der Waals surface area contributed by atoms with Crippen LogP contribution in [0.5, 0.6) is 0 Å². The van der Waals surface area contributed by atoms with Gasteiger partial charge in [0.15, 0.2) is 0 Å². The van der Waals surface area contributed by atoms with Gasteiger partial charge >= 0.3 is 5.97 Å². The third-order valence-electron chi connectivity index (χ3n) is 3.70. The minimum absolute atomic E-state index is 0.0729. The molecule has 1 aromatic rings. The Labute approximate surface area is 113 Å². The summed E-state index contributed by atoms with van der Waals surface area (Å²) in [5.74, 6) is 0.456. The first-order valence-electron chi connectivity index (χ1n) is 6.99. The van der Waals surface area contributed by atoms with Crippen LogP contribution in [-0.4, -0.2) is 27.1 Å². The average Bonchev–Trinajstić information content (AvgIpc) is 2.86. The molecule has 1 aromatic heterocycles. The van der Waals surface area contributed by atoms with Crippen LogP contribution >= 0.6 is 0 Å². The zero-order valence-electron chi connectivity index (χ0n) is 11.4. The van der Waals surface area contributed by atoms with E-state index in [1.165, 1.54) is 11.1 Å². The summed E-state index contributed by atoms with van der Waals surface area (Å²) in [4.78, 5) is 11.8. The molecular weight excluding hydrogens is 244 g/mol. The Bertz CT molecular complexity index is 419. The molecule has 0 radical (unpaired) electrons. The molecule has 1 heterocycles. The smallest absolute Gasteiger partial charge is 0.328 e. The number of nitrogens with two attached hydrogens (primary N) is 1. The van der Waals surface area contributed by atoms with Crippen molar-refractivity contribution in [3.8, 4) is 0 Å². The maximum Gasteiger partial charge on any atom is 0.328 e. The molecule has 1 aliphatic carbocycles. The number of carbonyl (C=O) groups is 1. The third kappa shape index (κ3) is 4.02. The van der Waals surface area contributed by atoms with Crippen molar-refractivity contribution < 1.29 is 9.53 Å². The molecule has 2 N–H and O–H groups in total. The Kier molecular flexibility index (Phi) is 4.90. The maximum atomic E-state index is 11.8. The minimum atomic E-state index is -0.241. The van der Waals surface area contributed by atoms with Crippen molar-refractivity contribution in [1.29, 1.82) is 0 Å². The molecular formula is C13H22N4O2. The van der Waals surface area contributed by atoms with E-state index < -0.39 is 0 Å². The number of nitrogens with zero attached hydrogens (tertiary/aromatic N) is 3. The normalized spacial score (nSPS) is 23.3. The van der Waals surface area contributed by atoms with Gasteiger partial charge in [-0.05, 0) is 25.2 Å². The lowest BCUT2D eigenvalue weighted by Crippen LogP contribution is -2.27. The molecule has 0 aliphatic heterocycles. The van der Waals surface area contributed by atoms with Gasteiger partial charge in [-0.3, -0.25) is 4.79 Å². The first-order chi connectivity index (χ1) is 9.21. The van der Waals surface area contributed by atoms with E-state index in [0.717, 1.165) is 25.7 Å². The molecule has 2 unspecified atom stereocenters. The molecule has 19 heavy (non-hydrogen) atoms. The SMILES string of the molecule is CCC1CCCC(OC(=O)Cn2cc(CN)nn2)C1. The Balaban J connectivity index is 1.80. The predicted molar refractivity (Wildman–Crippen MR) is 70.0 cm³/mol. The Morgan fingerprint density at radius 1 is 1.58 bits per heavy atom. The van der Waals surface area contributed by atoms with E-state index in [9.17, 15) is 4.79 Å². The average molecular weight is 266 g/mol. The molecule has 6 heteroatoms. The second kappa shape index (κ2) is 6.65. The van der Waals surface area contributed by atoms with Crippen LogP contribution in [-0.2, 0) is 22.6 Å². The first-order valence-corrected chi connectivity index (χ1v) is 6.99.